The standard InChI is InChI=1S/C12H16N2O2/c15-11(16)12(5-2-6-12)14-8-4-10-3-1-7-13-9-10/h1,3,7,9,14H,2,4-6,8H2,(H,15,16). The molecular formula is C12H16N2O2. The molecule has 1 aliphatic rings. The monoisotopic (exact) mass is 220 g/mol. The highest BCUT2D eigenvalue weighted by Gasteiger charge is 2.43. The third-order valence-electron chi connectivity index (χ3n) is 3.22. The summed E-state index contributed by atoms with van der Waals surface area (Å²) in [6.07, 6.45) is 6.87. The van der Waals surface area contributed by atoms with Gasteiger partial charge >= 0.3 is 5.97 Å². The van der Waals surface area contributed by atoms with E-state index in [0.717, 1.165) is 31.2 Å². The molecule has 1 aromatic rings. The van der Waals surface area contributed by atoms with Gasteiger partial charge in [0.1, 0.15) is 5.54 Å². The number of nitrogens with one attached hydrogen (secondary N) is 1. The van der Waals surface area contributed by atoms with Crippen LogP contribution >= 0.6 is 0 Å². The molecule has 2 rings (SSSR count). The summed E-state index contributed by atoms with van der Waals surface area (Å²) in [4.78, 5) is 15.1. The molecule has 1 aromatic heterocycles. The van der Waals surface area contributed by atoms with Crippen LogP contribution in [0.15, 0.2) is 24.5 Å². The zero-order valence-electron chi connectivity index (χ0n) is 9.15. The highest BCUT2D eigenvalue weighted by Crippen LogP contribution is 2.31. The fraction of sp³-hybridized carbons (Fsp3) is 0.500. The summed E-state index contributed by atoms with van der Waals surface area (Å²) in [6, 6.07) is 3.90. The molecule has 0 amide bonds. The molecule has 0 saturated heterocycles. The molecule has 0 bridgehead atoms. The lowest BCUT2D eigenvalue weighted by Crippen LogP contribution is -2.57. The van der Waals surface area contributed by atoms with Gasteiger partial charge in [-0.15, -0.1) is 0 Å². The first-order valence-electron chi connectivity index (χ1n) is 5.60. The molecular weight excluding hydrogens is 204 g/mol. The van der Waals surface area contributed by atoms with Crippen molar-refractivity contribution in [3.8, 4) is 0 Å². The molecule has 86 valence electrons. The van der Waals surface area contributed by atoms with Gasteiger partial charge in [-0.2, -0.15) is 0 Å². The smallest absolute Gasteiger partial charge is 0.323 e. The fourth-order valence-corrected chi connectivity index (χ4v) is 1.99. The van der Waals surface area contributed by atoms with Crippen molar-refractivity contribution in [2.45, 2.75) is 31.2 Å². The van der Waals surface area contributed by atoms with E-state index in [2.05, 4.69) is 10.3 Å². The molecule has 0 atom stereocenters. The number of rotatable bonds is 5. The minimum absolute atomic E-state index is 0.651. The van der Waals surface area contributed by atoms with Crippen molar-refractivity contribution in [1.82, 2.24) is 10.3 Å². The minimum Gasteiger partial charge on any atom is -0.480 e. The van der Waals surface area contributed by atoms with Crippen LogP contribution in [0.3, 0.4) is 0 Å². The number of carboxylic acids is 1. The minimum atomic E-state index is -0.718. The molecule has 16 heavy (non-hydrogen) atoms. The highest BCUT2D eigenvalue weighted by molar-refractivity contribution is 5.79. The molecule has 1 fully saturated rings. The van der Waals surface area contributed by atoms with Gasteiger partial charge in [-0.1, -0.05) is 6.07 Å². The Balaban J connectivity index is 1.82. The van der Waals surface area contributed by atoms with E-state index >= 15 is 0 Å². The fourth-order valence-electron chi connectivity index (χ4n) is 1.99. The number of nitrogens with zero attached hydrogens (tertiary/aromatic N) is 1. The lowest BCUT2D eigenvalue weighted by Gasteiger charge is -2.38. The van der Waals surface area contributed by atoms with Gasteiger partial charge < -0.3 is 10.4 Å². The molecule has 0 radical (unpaired) electrons. The zero-order chi connectivity index (χ0) is 11.4. The number of hydrogen-bond donors (Lipinski definition) is 2. The number of hydrogen-bond acceptors (Lipinski definition) is 3. The van der Waals surface area contributed by atoms with Crippen molar-refractivity contribution in [3.63, 3.8) is 0 Å². The summed E-state index contributed by atoms with van der Waals surface area (Å²) in [5.41, 5.74) is 0.484. The largest absolute Gasteiger partial charge is 0.480 e. The molecule has 0 unspecified atom stereocenters. The van der Waals surface area contributed by atoms with Crippen molar-refractivity contribution in [1.29, 1.82) is 0 Å². The van der Waals surface area contributed by atoms with Crippen LogP contribution < -0.4 is 5.32 Å². The van der Waals surface area contributed by atoms with E-state index < -0.39 is 11.5 Å². The van der Waals surface area contributed by atoms with E-state index in [1.807, 2.05) is 18.3 Å². The Morgan fingerprint density at radius 3 is 2.88 bits per heavy atom. The first kappa shape index (κ1) is 11.1. The van der Waals surface area contributed by atoms with Gasteiger partial charge in [0.15, 0.2) is 0 Å². The van der Waals surface area contributed by atoms with Gasteiger partial charge in [0.05, 0.1) is 0 Å². The summed E-state index contributed by atoms with van der Waals surface area (Å²) in [5.74, 6) is -0.718. The molecule has 2 N–H and O–H groups in total. The maximum atomic E-state index is 11.1. The topological polar surface area (TPSA) is 62.2 Å². The first-order valence-corrected chi connectivity index (χ1v) is 5.60. The molecule has 0 spiro atoms. The normalized spacial score (nSPS) is 17.8. The maximum Gasteiger partial charge on any atom is 0.323 e. The first-order chi connectivity index (χ1) is 7.73. The zero-order valence-corrected chi connectivity index (χ0v) is 9.15. The molecule has 4 heteroatoms. The number of pyridine rings is 1. The number of aliphatic carboxylic acids is 1. The van der Waals surface area contributed by atoms with Crippen molar-refractivity contribution in [3.05, 3.63) is 30.1 Å². The van der Waals surface area contributed by atoms with E-state index in [0.29, 0.717) is 6.54 Å². The molecule has 0 aromatic carbocycles. The summed E-state index contributed by atoms with van der Waals surface area (Å²) < 4.78 is 0. The second-order valence-electron chi connectivity index (χ2n) is 4.28. The van der Waals surface area contributed by atoms with Crippen LogP contribution in [0.4, 0.5) is 0 Å². The van der Waals surface area contributed by atoms with Crippen LogP contribution in [-0.2, 0) is 11.2 Å². The van der Waals surface area contributed by atoms with Gasteiger partial charge in [-0.3, -0.25) is 9.78 Å². The van der Waals surface area contributed by atoms with Gasteiger partial charge in [0.25, 0.3) is 0 Å². The SMILES string of the molecule is O=C(O)C1(NCCc2cccnc2)CCC1. The molecule has 1 heterocycles. The van der Waals surface area contributed by atoms with Crippen molar-refractivity contribution in [2.24, 2.45) is 0 Å². The van der Waals surface area contributed by atoms with E-state index in [9.17, 15) is 4.79 Å². The average Bonchev–Trinajstić information content (AvgIpc) is 2.23. The quantitative estimate of drug-likeness (QED) is 0.783. The Labute approximate surface area is 94.7 Å². The van der Waals surface area contributed by atoms with Crippen LogP contribution in [0.25, 0.3) is 0 Å². The van der Waals surface area contributed by atoms with Gasteiger partial charge in [-0.25, -0.2) is 0 Å². The third-order valence-corrected chi connectivity index (χ3v) is 3.22. The third kappa shape index (κ3) is 2.22. The van der Waals surface area contributed by atoms with Crippen LogP contribution in [0.2, 0.25) is 0 Å². The molecule has 1 saturated carbocycles. The average molecular weight is 220 g/mol. The van der Waals surface area contributed by atoms with Crippen LogP contribution in [0.1, 0.15) is 24.8 Å². The van der Waals surface area contributed by atoms with E-state index in [4.69, 9.17) is 5.11 Å². The Morgan fingerprint density at radius 2 is 2.38 bits per heavy atom. The second-order valence-corrected chi connectivity index (χ2v) is 4.28. The van der Waals surface area contributed by atoms with Crippen LogP contribution in [0.5, 0.6) is 0 Å². The maximum absolute atomic E-state index is 11.1. The predicted molar refractivity (Wildman–Crippen MR) is 60.2 cm³/mol. The Hall–Kier alpha value is -1.42. The van der Waals surface area contributed by atoms with Crippen molar-refractivity contribution < 1.29 is 9.90 Å². The summed E-state index contributed by atoms with van der Waals surface area (Å²) in [6.45, 7) is 0.692. The van der Waals surface area contributed by atoms with Crippen molar-refractivity contribution >= 4 is 5.97 Å². The Kier molecular flexibility index (Phi) is 3.19. The van der Waals surface area contributed by atoms with Gasteiger partial charge in [-0.05, 0) is 37.3 Å². The molecule has 1 aliphatic carbocycles. The van der Waals surface area contributed by atoms with E-state index in [1.54, 1.807) is 6.20 Å². The molecule has 4 nitrogen and oxygen atoms in total. The number of aromatic nitrogens is 1. The molecule has 0 aliphatic heterocycles. The summed E-state index contributed by atoms with van der Waals surface area (Å²) >= 11 is 0. The van der Waals surface area contributed by atoms with Crippen LogP contribution in [-0.4, -0.2) is 28.1 Å². The lowest BCUT2D eigenvalue weighted by molar-refractivity contribution is -0.148. The summed E-state index contributed by atoms with van der Waals surface area (Å²) in [5, 5.41) is 12.3. The number of carbonyl (C=O) groups is 1. The Bertz CT molecular complexity index is 361. The number of carboxylic acid groups (broad SMARTS) is 1. The predicted octanol–water partition coefficient (Wildman–Crippen LogP) is 1.22. The summed E-state index contributed by atoms with van der Waals surface area (Å²) in [7, 11) is 0. The van der Waals surface area contributed by atoms with Crippen LogP contribution in [0, 0.1) is 0 Å². The van der Waals surface area contributed by atoms with Crippen molar-refractivity contribution in [2.75, 3.05) is 6.54 Å². The highest BCUT2D eigenvalue weighted by atomic mass is 16.4. The lowest BCUT2D eigenvalue weighted by atomic mass is 9.77. The van der Waals surface area contributed by atoms with Gasteiger partial charge in [0.2, 0.25) is 0 Å². The second kappa shape index (κ2) is 4.61. The van der Waals surface area contributed by atoms with E-state index in [-0.39, 0.29) is 0 Å². The van der Waals surface area contributed by atoms with E-state index in [1.165, 1.54) is 0 Å². The van der Waals surface area contributed by atoms with Gasteiger partial charge in [0, 0.05) is 18.9 Å². The Morgan fingerprint density at radius 1 is 1.56 bits per heavy atom.